The molecule has 17 heavy (non-hydrogen) atoms. The number of rotatable bonds is 5. The van der Waals surface area contributed by atoms with E-state index >= 15 is 0 Å². The smallest absolute Gasteiger partial charge is 0.242 e. The van der Waals surface area contributed by atoms with Crippen molar-refractivity contribution in [2.75, 3.05) is 13.6 Å². The van der Waals surface area contributed by atoms with Gasteiger partial charge in [0, 0.05) is 19.6 Å². The summed E-state index contributed by atoms with van der Waals surface area (Å²) in [6, 6.07) is 4.90. The van der Waals surface area contributed by atoms with Crippen molar-refractivity contribution in [3.63, 3.8) is 0 Å². The summed E-state index contributed by atoms with van der Waals surface area (Å²) in [7, 11) is -2.16. The minimum absolute atomic E-state index is 0.0373. The van der Waals surface area contributed by atoms with Gasteiger partial charge in [0.25, 0.3) is 0 Å². The molecule has 0 spiro atoms. The summed E-state index contributed by atoms with van der Waals surface area (Å²) in [5.41, 5.74) is 5.57. The minimum atomic E-state index is -3.62. The molecule has 0 aliphatic heterocycles. The Morgan fingerprint density at radius 1 is 1.47 bits per heavy atom. The Morgan fingerprint density at radius 3 is 2.65 bits per heavy atom. The van der Waals surface area contributed by atoms with Gasteiger partial charge in [-0.25, -0.2) is 17.1 Å². The monoisotopic (exact) mass is 260 g/mol. The van der Waals surface area contributed by atoms with E-state index in [1.165, 1.54) is 29.6 Å². The number of nitrogens with two attached hydrogens (primary N) is 1. The van der Waals surface area contributed by atoms with Gasteiger partial charge in [-0.05, 0) is 31.5 Å². The van der Waals surface area contributed by atoms with Crippen LogP contribution in [0.1, 0.15) is 13.3 Å². The highest BCUT2D eigenvalue weighted by Gasteiger charge is 2.20. The van der Waals surface area contributed by atoms with Gasteiger partial charge in [0.15, 0.2) is 0 Å². The second-order valence-corrected chi connectivity index (χ2v) is 6.09. The topological polar surface area (TPSA) is 63.4 Å². The standard InChI is InChI=1S/C11H17FN2O2S/c1-9(13)6-7-14(2)17(15,16)11-5-3-4-10(12)8-11/h3-5,8-9H,6-7,13H2,1-2H3. The van der Waals surface area contributed by atoms with E-state index in [-0.39, 0.29) is 10.9 Å². The summed E-state index contributed by atoms with van der Waals surface area (Å²) in [4.78, 5) is -0.0373. The average molecular weight is 260 g/mol. The molecule has 0 heterocycles. The van der Waals surface area contributed by atoms with E-state index in [9.17, 15) is 12.8 Å². The fourth-order valence-corrected chi connectivity index (χ4v) is 2.53. The third kappa shape index (κ3) is 3.76. The Labute approximate surface area is 101 Å². The second-order valence-electron chi connectivity index (χ2n) is 4.05. The van der Waals surface area contributed by atoms with Crippen LogP contribution < -0.4 is 5.73 Å². The Balaban J connectivity index is 2.88. The SMILES string of the molecule is CC(N)CCN(C)S(=O)(=O)c1cccc(F)c1. The van der Waals surface area contributed by atoms with Gasteiger partial charge < -0.3 is 5.73 Å². The van der Waals surface area contributed by atoms with Crippen LogP contribution in [0.5, 0.6) is 0 Å². The predicted molar refractivity (Wildman–Crippen MR) is 64.5 cm³/mol. The van der Waals surface area contributed by atoms with Gasteiger partial charge in [-0.3, -0.25) is 0 Å². The maximum Gasteiger partial charge on any atom is 0.242 e. The minimum Gasteiger partial charge on any atom is -0.328 e. The van der Waals surface area contributed by atoms with E-state index in [1.807, 2.05) is 6.92 Å². The van der Waals surface area contributed by atoms with Gasteiger partial charge in [-0.2, -0.15) is 0 Å². The maximum atomic E-state index is 13.0. The first-order valence-corrected chi connectivity index (χ1v) is 6.75. The Kier molecular flexibility index (Phi) is 4.62. The molecule has 0 aliphatic carbocycles. The van der Waals surface area contributed by atoms with Gasteiger partial charge in [0.05, 0.1) is 4.90 Å². The van der Waals surface area contributed by atoms with Crippen molar-refractivity contribution < 1.29 is 12.8 Å². The molecule has 0 aliphatic rings. The van der Waals surface area contributed by atoms with Crippen LogP contribution >= 0.6 is 0 Å². The molecule has 4 nitrogen and oxygen atoms in total. The van der Waals surface area contributed by atoms with E-state index in [1.54, 1.807) is 0 Å². The third-order valence-corrected chi connectivity index (χ3v) is 4.26. The molecule has 0 bridgehead atoms. The summed E-state index contributed by atoms with van der Waals surface area (Å²) in [5, 5.41) is 0. The molecule has 0 saturated carbocycles. The summed E-state index contributed by atoms with van der Waals surface area (Å²) in [6.07, 6.45) is 0.561. The molecule has 1 aromatic rings. The third-order valence-electron chi connectivity index (χ3n) is 2.40. The lowest BCUT2D eigenvalue weighted by Gasteiger charge is -2.18. The zero-order valence-corrected chi connectivity index (χ0v) is 10.7. The first-order valence-electron chi connectivity index (χ1n) is 5.31. The average Bonchev–Trinajstić information content (AvgIpc) is 2.25. The molecule has 0 amide bonds. The summed E-state index contributed by atoms with van der Waals surface area (Å²) < 4.78 is 38.2. The number of nitrogens with zero attached hydrogens (tertiary/aromatic N) is 1. The molecule has 0 aromatic heterocycles. The van der Waals surface area contributed by atoms with Gasteiger partial charge in [-0.1, -0.05) is 6.07 Å². The van der Waals surface area contributed by atoms with Crippen LogP contribution in [-0.2, 0) is 10.0 Å². The molecule has 1 aromatic carbocycles. The fourth-order valence-electron chi connectivity index (χ4n) is 1.31. The number of halogens is 1. The number of hydrogen-bond donors (Lipinski definition) is 1. The Bertz CT molecular complexity index is 474. The van der Waals surface area contributed by atoms with Crippen molar-refractivity contribution in [2.45, 2.75) is 24.3 Å². The van der Waals surface area contributed by atoms with E-state index < -0.39 is 15.8 Å². The van der Waals surface area contributed by atoms with E-state index in [0.717, 1.165) is 6.07 Å². The Hall–Kier alpha value is -0.980. The van der Waals surface area contributed by atoms with Crippen molar-refractivity contribution in [1.82, 2.24) is 4.31 Å². The van der Waals surface area contributed by atoms with E-state index in [0.29, 0.717) is 13.0 Å². The molecule has 0 saturated heterocycles. The lowest BCUT2D eigenvalue weighted by atomic mass is 10.2. The zero-order valence-electron chi connectivity index (χ0n) is 9.93. The molecule has 2 N–H and O–H groups in total. The maximum absolute atomic E-state index is 13.0. The number of sulfonamides is 1. The van der Waals surface area contributed by atoms with Crippen LogP contribution in [0.4, 0.5) is 4.39 Å². The first-order chi connectivity index (χ1) is 7.84. The predicted octanol–water partition coefficient (Wildman–Crippen LogP) is 1.18. The number of benzene rings is 1. The molecule has 1 unspecified atom stereocenters. The van der Waals surface area contributed by atoms with E-state index in [4.69, 9.17) is 5.73 Å². The zero-order chi connectivity index (χ0) is 13.1. The van der Waals surface area contributed by atoms with Crippen molar-refractivity contribution in [2.24, 2.45) is 5.73 Å². The number of hydrogen-bond acceptors (Lipinski definition) is 3. The van der Waals surface area contributed by atoms with E-state index in [2.05, 4.69) is 0 Å². The van der Waals surface area contributed by atoms with Crippen molar-refractivity contribution in [3.05, 3.63) is 30.1 Å². The van der Waals surface area contributed by atoms with Gasteiger partial charge in [-0.15, -0.1) is 0 Å². The van der Waals surface area contributed by atoms with Crippen LogP contribution in [0.15, 0.2) is 29.2 Å². The van der Waals surface area contributed by atoms with Crippen LogP contribution in [0.25, 0.3) is 0 Å². The van der Waals surface area contributed by atoms with Crippen LogP contribution in [-0.4, -0.2) is 32.4 Å². The summed E-state index contributed by atoms with van der Waals surface area (Å²) in [5.74, 6) is -0.563. The molecular weight excluding hydrogens is 243 g/mol. The van der Waals surface area contributed by atoms with Crippen LogP contribution in [0, 0.1) is 5.82 Å². The van der Waals surface area contributed by atoms with Gasteiger partial charge in [0.1, 0.15) is 5.82 Å². The van der Waals surface area contributed by atoms with Gasteiger partial charge >= 0.3 is 0 Å². The highest BCUT2D eigenvalue weighted by atomic mass is 32.2. The second kappa shape index (κ2) is 5.57. The van der Waals surface area contributed by atoms with Crippen LogP contribution in [0.3, 0.4) is 0 Å². The normalized spacial score (nSPS) is 13.9. The quantitative estimate of drug-likeness (QED) is 0.864. The molecular formula is C11H17FN2O2S. The molecule has 96 valence electrons. The van der Waals surface area contributed by atoms with Crippen molar-refractivity contribution in [3.8, 4) is 0 Å². The van der Waals surface area contributed by atoms with Crippen molar-refractivity contribution >= 4 is 10.0 Å². The molecule has 0 fully saturated rings. The molecule has 1 atom stereocenters. The molecule has 1 rings (SSSR count). The molecule has 0 radical (unpaired) electrons. The van der Waals surface area contributed by atoms with Gasteiger partial charge in [0.2, 0.25) is 10.0 Å². The van der Waals surface area contributed by atoms with Crippen LogP contribution in [0.2, 0.25) is 0 Å². The summed E-state index contributed by atoms with van der Waals surface area (Å²) in [6.45, 7) is 2.12. The van der Waals surface area contributed by atoms with Crippen molar-refractivity contribution in [1.29, 1.82) is 0 Å². The first kappa shape index (κ1) is 14.1. The fraction of sp³-hybridized carbons (Fsp3) is 0.455. The lowest BCUT2D eigenvalue weighted by Crippen LogP contribution is -2.31. The summed E-state index contributed by atoms with van der Waals surface area (Å²) >= 11 is 0. The largest absolute Gasteiger partial charge is 0.328 e. The highest BCUT2D eigenvalue weighted by molar-refractivity contribution is 7.89. The Morgan fingerprint density at radius 2 is 2.12 bits per heavy atom. The molecule has 6 heteroatoms. The highest BCUT2D eigenvalue weighted by Crippen LogP contribution is 2.15. The lowest BCUT2D eigenvalue weighted by molar-refractivity contribution is 0.446.